The lowest BCUT2D eigenvalue weighted by molar-refractivity contribution is -0.120. The molecule has 0 radical (unpaired) electrons. The third-order valence-corrected chi connectivity index (χ3v) is 6.10. The molecule has 0 aliphatic carbocycles. The Balaban J connectivity index is 1.93. The van der Waals surface area contributed by atoms with Gasteiger partial charge in [0, 0.05) is 12.2 Å². The van der Waals surface area contributed by atoms with E-state index in [1.807, 2.05) is 18.4 Å². The Labute approximate surface area is 172 Å². The fourth-order valence-electron chi connectivity index (χ4n) is 3.14. The zero-order valence-corrected chi connectivity index (χ0v) is 17.1. The summed E-state index contributed by atoms with van der Waals surface area (Å²) < 4.78 is 21.0. The second kappa shape index (κ2) is 9.36. The smallest absolute Gasteiger partial charge is 0.318 e. The zero-order chi connectivity index (χ0) is 21.0. The molecule has 3 rings (SSSR count). The SMILES string of the molecule is CC(C)[C@@H](Sc1nnc(-c2ccc(F)cc2)n1C[C@@H]1CCCO1)C(=O)NC(N)=O. The molecule has 1 saturated heterocycles. The van der Waals surface area contributed by atoms with Crippen molar-refractivity contribution >= 4 is 23.7 Å². The second-order valence-corrected chi connectivity index (χ2v) is 8.30. The van der Waals surface area contributed by atoms with E-state index in [-0.39, 0.29) is 17.8 Å². The Morgan fingerprint density at radius 1 is 1.34 bits per heavy atom. The number of halogens is 1. The molecule has 2 heterocycles. The normalized spacial score (nSPS) is 17.4. The van der Waals surface area contributed by atoms with Crippen LogP contribution in [0.2, 0.25) is 0 Å². The highest BCUT2D eigenvalue weighted by atomic mass is 32.2. The Morgan fingerprint density at radius 3 is 2.66 bits per heavy atom. The van der Waals surface area contributed by atoms with Crippen LogP contribution in [0.15, 0.2) is 29.4 Å². The van der Waals surface area contributed by atoms with Crippen molar-refractivity contribution in [3.8, 4) is 11.4 Å². The van der Waals surface area contributed by atoms with E-state index < -0.39 is 17.2 Å². The van der Waals surface area contributed by atoms with Crippen LogP contribution in [0.4, 0.5) is 9.18 Å². The van der Waals surface area contributed by atoms with Crippen LogP contribution in [0.3, 0.4) is 0 Å². The molecule has 1 aromatic heterocycles. The third-order valence-electron chi connectivity index (χ3n) is 4.57. The van der Waals surface area contributed by atoms with Crippen LogP contribution >= 0.6 is 11.8 Å². The number of rotatable bonds is 7. The van der Waals surface area contributed by atoms with Crippen molar-refractivity contribution in [2.45, 2.75) is 49.7 Å². The maximum Gasteiger partial charge on any atom is 0.318 e. The van der Waals surface area contributed by atoms with Crippen molar-refractivity contribution in [1.29, 1.82) is 0 Å². The van der Waals surface area contributed by atoms with E-state index in [2.05, 4.69) is 15.5 Å². The van der Waals surface area contributed by atoms with Crippen molar-refractivity contribution in [1.82, 2.24) is 20.1 Å². The van der Waals surface area contributed by atoms with E-state index in [0.717, 1.165) is 12.8 Å². The molecule has 1 aromatic carbocycles. The van der Waals surface area contributed by atoms with Gasteiger partial charge in [0.05, 0.1) is 17.9 Å². The largest absolute Gasteiger partial charge is 0.376 e. The standard InChI is InChI=1S/C19H24FN5O3S/c1-11(2)15(17(26)22-18(21)27)29-19-24-23-16(12-5-7-13(20)8-6-12)25(19)10-14-4-3-9-28-14/h5-8,11,14-15H,3-4,9-10H2,1-2H3,(H3,21,22,26,27)/t14-,15+/m0/s1. The molecule has 2 atom stereocenters. The van der Waals surface area contributed by atoms with Crippen LogP contribution in [0.1, 0.15) is 26.7 Å². The molecule has 1 aliphatic rings. The Kier molecular flexibility index (Phi) is 6.86. The maximum atomic E-state index is 13.3. The van der Waals surface area contributed by atoms with Gasteiger partial charge < -0.3 is 10.5 Å². The summed E-state index contributed by atoms with van der Waals surface area (Å²) in [5.41, 5.74) is 5.81. The molecule has 3 amide bonds. The highest BCUT2D eigenvalue weighted by molar-refractivity contribution is 8.00. The number of nitrogens with two attached hydrogens (primary N) is 1. The van der Waals surface area contributed by atoms with Crippen LogP contribution in [0.25, 0.3) is 11.4 Å². The molecule has 1 aliphatic heterocycles. The average molecular weight is 421 g/mol. The summed E-state index contributed by atoms with van der Waals surface area (Å²) in [6.07, 6.45) is 1.92. The van der Waals surface area contributed by atoms with Gasteiger partial charge >= 0.3 is 6.03 Å². The Morgan fingerprint density at radius 2 is 2.07 bits per heavy atom. The number of primary amides is 1. The van der Waals surface area contributed by atoms with Crippen molar-refractivity contribution in [2.75, 3.05) is 6.61 Å². The Bertz CT molecular complexity index is 865. The molecule has 1 fully saturated rings. The summed E-state index contributed by atoms with van der Waals surface area (Å²) in [5.74, 6) is -0.327. The van der Waals surface area contributed by atoms with Gasteiger partial charge in [0.25, 0.3) is 0 Å². The number of carbonyl (C=O) groups is 2. The number of hydrogen-bond donors (Lipinski definition) is 2. The van der Waals surface area contributed by atoms with E-state index in [9.17, 15) is 14.0 Å². The van der Waals surface area contributed by atoms with Crippen molar-refractivity contribution in [3.63, 3.8) is 0 Å². The highest BCUT2D eigenvalue weighted by Crippen LogP contribution is 2.31. The molecular formula is C19H24FN5O3S. The number of hydrogen-bond acceptors (Lipinski definition) is 6. The first-order valence-electron chi connectivity index (χ1n) is 9.43. The van der Waals surface area contributed by atoms with E-state index in [0.29, 0.717) is 29.7 Å². The number of aromatic nitrogens is 3. The van der Waals surface area contributed by atoms with E-state index in [4.69, 9.17) is 10.5 Å². The Hall–Kier alpha value is -2.46. The number of imide groups is 1. The van der Waals surface area contributed by atoms with Crippen LogP contribution in [0, 0.1) is 11.7 Å². The van der Waals surface area contributed by atoms with Gasteiger partial charge in [-0.25, -0.2) is 9.18 Å². The van der Waals surface area contributed by atoms with Crippen LogP contribution < -0.4 is 11.1 Å². The van der Waals surface area contributed by atoms with Crippen LogP contribution in [-0.4, -0.2) is 44.7 Å². The minimum absolute atomic E-state index is 0.0153. The molecule has 0 bridgehead atoms. The molecule has 29 heavy (non-hydrogen) atoms. The van der Waals surface area contributed by atoms with Gasteiger partial charge in [0.15, 0.2) is 11.0 Å². The number of benzene rings is 1. The number of thioether (sulfide) groups is 1. The number of amides is 3. The molecule has 0 unspecified atom stereocenters. The zero-order valence-electron chi connectivity index (χ0n) is 16.3. The molecular weight excluding hydrogens is 397 g/mol. The van der Waals surface area contributed by atoms with Gasteiger partial charge in [0.2, 0.25) is 5.91 Å². The van der Waals surface area contributed by atoms with Gasteiger partial charge in [0.1, 0.15) is 5.82 Å². The first-order chi connectivity index (χ1) is 13.8. The number of nitrogens with one attached hydrogen (secondary N) is 1. The summed E-state index contributed by atoms with van der Waals surface area (Å²) in [6, 6.07) is 5.11. The monoisotopic (exact) mass is 421 g/mol. The van der Waals surface area contributed by atoms with E-state index >= 15 is 0 Å². The maximum absolute atomic E-state index is 13.3. The summed E-state index contributed by atoms with van der Waals surface area (Å²) >= 11 is 1.22. The van der Waals surface area contributed by atoms with Gasteiger partial charge in [-0.2, -0.15) is 0 Å². The molecule has 0 spiro atoms. The lowest BCUT2D eigenvalue weighted by Gasteiger charge is -2.20. The number of carbonyl (C=O) groups excluding carboxylic acids is 2. The predicted octanol–water partition coefficient (Wildman–Crippen LogP) is 2.57. The van der Waals surface area contributed by atoms with Crippen LogP contribution in [-0.2, 0) is 16.1 Å². The topological polar surface area (TPSA) is 112 Å². The molecule has 156 valence electrons. The van der Waals surface area contributed by atoms with Gasteiger partial charge in [-0.3, -0.25) is 14.7 Å². The molecule has 3 N–H and O–H groups in total. The average Bonchev–Trinajstić information content (AvgIpc) is 3.30. The van der Waals surface area contributed by atoms with Crippen molar-refractivity contribution in [2.24, 2.45) is 11.7 Å². The predicted molar refractivity (Wildman–Crippen MR) is 107 cm³/mol. The number of nitrogens with zero attached hydrogens (tertiary/aromatic N) is 3. The van der Waals surface area contributed by atoms with Gasteiger partial charge in [-0.15, -0.1) is 10.2 Å². The quantitative estimate of drug-likeness (QED) is 0.665. The second-order valence-electron chi connectivity index (χ2n) is 7.19. The first kappa shape index (κ1) is 21.3. The molecule has 8 nitrogen and oxygen atoms in total. The van der Waals surface area contributed by atoms with Gasteiger partial charge in [-0.1, -0.05) is 25.6 Å². The fourth-order valence-corrected chi connectivity index (χ4v) is 4.18. The highest BCUT2D eigenvalue weighted by Gasteiger charge is 2.29. The first-order valence-corrected chi connectivity index (χ1v) is 10.3. The summed E-state index contributed by atoms with van der Waals surface area (Å²) in [6.45, 7) is 4.97. The third kappa shape index (κ3) is 5.33. The minimum Gasteiger partial charge on any atom is -0.376 e. The summed E-state index contributed by atoms with van der Waals surface area (Å²) in [4.78, 5) is 23.5. The lowest BCUT2D eigenvalue weighted by Crippen LogP contribution is -2.42. The molecule has 2 aromatic rings. The van der Waals surface area contributed by atoms with Crippen molar-refractivity contribution < 1.29 is 18.7 Å². The summed E-state index contributed by atoms with van der Waals surface area (Å²) in [7, 11) is 0. The number of ether oxygens (including phenoxy) is 1. The number of urea groups is 1. The molecule has 0 saturated carbocycles. The van der Waals surface area contributed by atoms with Crippen molar-refractivity contribution in [3.05, 3.63) is 30.1 Å². The molecule has 10 heteroatoms. The van der Waals surface area contributed by atoms with Gasteiger partial charge in [-0.05, 0) is 43.0 Å². The lowest BCUT2D eigenvalue weighted by atomic mass is 10.1. The van der Waals surface area contributed by atoms with Crippen LogP contribution in [0.5, 0.6) is 0 Å². The minimum atomic E-state index is -0.894. The summed E-state index contributed by atoms with van der Waals surface area (Å²) in [5, 5.41) is 10.6. The fraction of sp³-hybridized carbons (Fsp3) is 0.474. The van der Waals surface area contributed by atoms with E-state index in [1.54, 1.807) is 12.1 Å². The van der Waals surface area contributed by atoms with E-state index in [1.165, 1.54) is 23.9 Å².